The molecule has 0 atom stereocenters. The molecule has 2 aromatic rings. The fourth-order valence-electron chi connectivity index (χ4n) is 0.855. The highest BCUT2D eigenvalue weighted by Crippen LogP contribution is 2.15. The molecule has 0 saturated heterocycles. The minimum Gasteiger partial charge on any atom is -0.333 e. The molecule has 0 N–H and O–H groups in total. The lowest BCUT2D eigenvalue weighted by atomic mass is 10.5. The normalized spacial score (nSPS) is 10.8. The molecule has 0 radical (unpaired) electrons. The van der Waals surface area contributed by atoms with Crippen LogP contribution in [-0.4, -0.2) is 9.55 Å². The molecule has 2 heterocycles. The van der Waals surface area contributed by atoms with Gasteiger partial charge in [-0.2, -0.15) is 0 Å². The maximum atomic E-state index is 4.15. The molecular formula is C6H6N2S. The zero-order valence-electron chi connectivity index (χ0n) is 5.03. The second kappa shape index (κ2) is 1.57. The van der Waals surface area contributed by atoms with Gasteiger partial charge in [0.1, 0.15) is 0 Å². The topological polar surface area (TPSA) is 17.8 Å². The van der Waals surface area contributed by atoms with Crippen LogP contribution in [0, 0.1) is 0 Å². The summed E-state index contributed by atoms with van der Waals surface area (Å²) in [5.74, 6) is 0. The van der Waals surface area contributed by atoms with Gasteiger partial charge in [-0.05, 0) is 0 Å². The number of aromatic nitrogens is 2. The van der Waals surface area contributed by atoms with Crippen LogP contribution in [0.3, 0.4) is 0 Å². The molecule has 0 aliphatic carbocycles. The highest BCUT2D eigenvalue weighted by atomic mass is 32.1. The Morgan fingerprint density at radius 2 is 2.44 bits per heavy atom. The van der Waals surface area contributed by atoms with Gasteiger partial charge < -0.3 is 4.57 Å². The third kappa shape index (κ3) is 0.580. The Bertz CT molecular complexity index is 320. The van der Waals surface area contributed by atoms with Crippen molar-refractivity contribution >= 4 is 22.4 Å². The number of imidazole rings is 1. The minimum atomic E-state index is 1.10. The monoisotopic (exact) mass is 138 g/mol. The van der Waals surface area contributed by atoms with Crippen LogP contribution in [0.15, 0.2) is 17.1 Å². The second-order valence-corrected chi connectivity index (χ2v) is 2.74. The van der Waals surface area contributed by atoms with Crippen LogP contribution in [0.1, 0.15) is 0 Å². The van der Waals surface area contributed by atoms with E-state index in [2.05, 4.69) is 15.7 Å². The van der Waals surface area contributed by atoms with E-state index in [1.54, 1.807) is 11.3 Å². The molecule has 0 saturated carbocycles. The third-order valence-electron chi connectivity index (χ3n) is 1.37. The molecule has 2 aromatic heterocycles. The standard InChI is InChI=1S/C6H6N2S/c1-8-4-7-5-2-9-3-6(5)8/h2-4H,1H3. The van der Waals surface area contributed by atoms with Gasteiger partial charge in [-0.25, -0.2) is 4.98 Å². The van der Waals surface area contributed by atoms with Gasteiger partial charge in [0.2, 0.25) is 0 Å². The van der Waals surface area contributed by atoms with Crippen molar-refractivity contribution in [3.63, 3.8) is 0 Å². The average molecular weight is 138 g/mol. The van der Waals surface area contributed by atoms with E-state index in [1.165, 1.54) is 5.52 Å². The van der Waals surface area contributed by atoms with Crippen LogP contribution in [0.4, 0.5) is 0 Å². The molecule has 3 heteroatoms. The van der Waals surface area contributed by atoms with E-state index in [4.69, 9.17) is 0 Å². The summed E-state index contributed by atoms with van der Waals surface area (Å²) in [6.07, 6.45) is 1.83. The summed E-state index contributed by atoms with van der Waals surface area (Å²) in [5.41, 5.74) is 2.32. The predicted molar refractivity (Wildman–Crippen MR) is 38.6 cm³/mol. The average Bonchev–Trinajstić information content (AvgIpc) is 2.35. The summed E-state index contributed by atoms with van der Waals surface area (Å²) in [7, 11) is 2.00. The van der Waals surface area contributed by atoms with E-state index in [0.717, 1.165) is 5.52 Å². The minimum absolute atomic E-state index is 1.10. The molecular weight excluding hydrogens is 132 g/mol. The van der Waals surface area contributed by atoms with Gasteiger partial charge in [-0.1, -0.05) is 0 Å². The zero-order chi connectivity index (χ0) is 6.27. The van der Waals surface area contributed by atoms with Crippen LogP contribution < -0.4 is 0 Å². The third-order valence-corrected chi connectivity index (χ3v) is 2.09. The van der Waals surface area contributed by atoms with Gasteiger partial charge in [0.15, 0.2) is 0 Å². The van der Waals surface area contributed by atoms with Crippen molar-refractivity contribution in [2.75, 3.05) is 0 Å². The van der Waals surface area contributed by atoms with Crippen LogP contribution in [0.2, 0.25) is 0 Å². The highest BCUT2D eigenvalue weighted by molar-refractivity contribution is 7.09. The Hall–Kier alpha value is -0.830. The molecule has 0 aliphatic rings. The maximum Gasteiger partial charge on any atom is 0.0991 e. The second-order valence-electron chi connectivity index (χ2n) is 2.00. The van der Waals surface area contributed by atoms with E-state index in [-0.39, 0.29) is 0 Å². The summed E-state index contributed by atoms with van der Waals surface area (Å²) >= 11 is 1.69. The first kappa shape index (κ1) is 4.99. The lowest BCUT2D eigenvalue weighted by Crippen LogP contribution is -1.79. The summed E-state index contributed by atoms with van der Waals surface area (Å²) in [6, 6.07) is 0. The number of rotatable bonds is 0. The van der Waals surface area contributed by atoms with Gasteiger partial charge in [0, 0.05) is 17.8 Å². The SMILES string of the molecule is Cn1cnc2cscc21. The molecule has 0 aromatic carbocycles. The van der Waals surface area contributed by atoms with Crippen molar-refractivity contribution in [3.05, 3.63) is 17.1 Å². The Labute approximate surface area is 56.8 Å². The molecule has 0 spiro atoms. The number of hydrogen-bond donors (Lipinski definition) is 0. The van der Waals surface area contributed by atoms with Crippen LogP contribution in [0.5, 0.6) is 0 Å². The van der Waals surface area contributed by atoms with Gasteiger partial charge in [-0.15, -0.1) is 11.3 Å². The van der Waals surface area contributed by atoms with E-state index in [1.807, 2.05) is 17.9 Å². The number of nitrogens with zero attached hydrogens (tertiary/aromatic N) is 2. The van der Waals surface area contributed by atoms with Gasteiger partial charge in [-0.3, -0.25) is 0 Å². The molecule has 2 nitrogen and oxygen atoms in total. The number of thiophene rings is 1. The highest BCUT2D eigenvalue weighted by Gasteiger charge is 1.96. The first-order chi connectivity index (χ1) is 4.38. The molecule has 0 aliphatic heterocycles. The number of hydrogen-bond acceptors (Lipinski definition) is 2. The molecule has 2 rings (SSSR count). The Morgan fingerprint density at radius 1 is 1.56 bits per heavy atom. The summed E-state index contributed by atoms with van der Waals surface area (Å²) in [6.45, 7) is 0. The fraction of sp³-hybridized carbons (Fsp3) is 0.167. The first-order valence-electron chi connectivity index (χ1n) is 2.71. The molecule has 46 valence electrons. The lowest BCUT2D eigenvalue weighted by molar-refractivity contribution is 0.948. The number of fused-ring (bicyclic) bond motifs is 1. The van der Waals surface area contributed by atoms with E-state index < -0.39 is 0 Å². The van der Waals surface area contributed by atoms with Gasteiger partial charge in [0.25, 0.3) is 0 Å². The summed E-state index contributed by atoms with van der Waals surface area (Å²) in [5, 5.41) is 4.15. The Morgan fingerprint density at radius 3 is 3.22 bits per heavy atom. The lowest BCUT2D eigenvalue weighted by Gasteiger charge is -1.83. The van der Waals surface area contributed by atoms with Crippen molar-refractivity contribution in [1.82, 2.24) is 9.55 Å². The molecule has 0 unspecified atom stereocenters. The quantitative estimate of drug-likeness (QED) is 0.541. The summed E-state index contributed by atoms with van der Waals surface area (Å²) < 4.78 is 2.02. The largest absolute Gasteiger partial charge is 0.333 e. The Balaban J connectivity index is 2.99. The summed E-state index contributed by atoms with van der Waals surface area (Å²) in [4.78, 5) is 4.15. The van der Waals surface area contributed by atoms with Crippen molar-refractivity contribution in [3.8, 4) is 0 Å². The first-order valence-corrected chi connectivity index (χ1v) is 3.65. The van der Waals surface area contributed by atoms with Crippen LogP contribution >= 0.6 is 11.3 Å². The molecule has 0 fully saturated rings. The molecule has 0 amide bonds. The number of aryl methyl sites for hydroxylation is 1. The van der Waals surface area contributed by atoms with E-state index >= 15 is 0 Å². The zero-order valence-corrected chi connectivity index (χ0v) is 5.85. The van der Waals surface area contributed by atoms with Crippen molar-refractivity contribution in [2.45, 2.75) is 0 Å². The van der Waals surface area contributed by atoms with Crippen LogP contribution in [0.25, 0.3) is 11.0 Å². The predicted octanol–water partition coefficient (Wildman–Crippen LogP) is 1.63. The Kier molecular flexibility index (Phi) is 0.873. The van der Waals surface area contributed by atoms with E-state index in [0.29, 0.717) is 0 Å². The van der Waals surface area contributed by atoms with E-state index in [9.17, 15) is 0 Å². The fourth-order valence-corrected chi connectivity index (χ4v) is 1.65. The van der Waals surface area contributed by atoms with Gasteiger partial charge in [0.05, 0.1) is 17.4 Å². The molecule has 9 heavy (non-hydrogen) atoms. The smallest absolute Gasteiger partial charge is 0.0991 e. The van der Waals surface area contributed by atoms with Crippen molar-refractivity contribution in [1.29, 1.82) is 0 Å². The molecule has 0 bridgehead atoms. The van der Waals surface area contributed by atoms with Crippen molar-refractivity contribution < 1.29 is 0 Å². The maximum absolute atomic E-state index is 4.15. The van der Waals surface area contributed by atoms with Gasteiger partial charge >= 0.3 is 0 Å². The van der Waals surface area contributed by atoms with Crippen molar-refractivity contribution in [2.24, 2.45) is 7.05 Å². The van der Waals surface area contributed by atoms with Crippen LogP contribution in [-0.2, 0) is 7.05 Å².